The lowest BCUT2D eigenvalue weighted by Crippen LogP contribution is -2.14. The van der Waals surface area contributed by atoms with Crippen LogP contribution in [0.15, 0.2) is 0 Å². The molecule has 0 bridgehead atoms. The molecule has 1 aromatic heterocycles. The van der Waals surface area contributed by atoms with E-state index in [1.165, 1.54) is 19.3 Å². The number of amides is 2. The number of rotatable bonds is 11. The lowest BCUT2D eigenvalue weighted by Gasteiger charge is -2.07. The average molecular weight is 368 g/mol. The number of ether oxygens (including phenoxy) is 1. The minimum atomic E-state index is -0.621. The van der Waals surface area contributed by atoms with Crippen molar-refractivity contribution >= 4 is 34.1 Å². The van der Waals surface area contributed by atoms with Gasteiger partial charge in [-0.15, -0.1) is 11.3 Å². The Labute approximate surface area is 153 Å². The summed E-state index contributed by atoms with van der Waals surface area (Å²) in [4.78, 5) is 36.1. The summed E-state index contributed by atoms with van der Waals surface area (Å²) in [6.45, 7) is 5.71. The molecule has 0 aliphatic rings. The standard InChI is InChI=1S/C18H28N2O4S/c1-4-6-7-8-9-10-11-13(21)20-17-14(18(23)24-5-2)12(3)15(25-17)16(19)22/h4-11H2,1-3H3,(H2,19,22)(H,20,21). The number of primary amides is 1. The summed E-state index contributed by atoms with van der Waals surface area (Å²) < 4.78 is 5.02. The SMILES string of the molecule is CCCCCCCCC(=O)Nc1sc(C(N)=O)c(C)c1C(=O)OCC. The van der Waals surface area contributed by atoms with Crippen LogP contribution in [0.25, 0.3) is 0 Å². The van der Waals surface area contributed by atoms with E-state index in [2.05, 4.69) is 12.2 Å². The number of nitrogens with one attached hydrogen (secondary N) is 1. The first-order valence-corrected chi connectivity index (χ1v) is 9.64. The van der Waals surface area contributed by atoms with E-state index in [9.17, 15) is 14.4 Å². The molecule has 0 aliphatic carbocycles. The molecular formula is C18H28N2O4S. The van der Waals surface area contributed by atoms with Crippen molar-refractivity contribution in [3.05, 3.63) is 16.0 Å². The van der Waals surface area contributed by atoms with Gasteiger partial charge in [0.2, 0.25) is 5.91 Å². The van der Waals surface area contributed by atoms with Gasteiger partial charge in [-0.1, -0.05) is 39.0 Å². The van der Waals surface area contributed by atoms with Crippen molar-refractivity contribution < 1.29 is 19.1 Å². The molecule has 25 heavy (non-hydrogen) atoms. The van der Waals surface area contributed by atoms with E-state index in [0.717, 1.165) is 30.6 Å². The van der Waals surface area contributed by atoms with Crippen LogP contribution in [0, 0.1) is 6.92 Å². The molecule has 1 heterocycles. The minimum absolute atomic E-state index is 0.168. The fourth-order valence-electron chi connectivity index (χ4n) is 2.54. The molecule has 0 fully saturated rings. The summed E-state index contributed by atoms with van der Waals surface area (Å²) >= 11 is 1.02. The molecule has 3 N–H and O–H groups in total. The molecule has 0 aliphatic heterocycles. The first-order chi connectivity index (χ1) is 11.9. The first kappa shape index (κ1) is 21.2. The van der Waals surface area contributed by atoms with Crippen molar-refractivity contribution in [2.75, 3.05) is 11.9 Å². The molecular weight excluding hydrogens is 340 g/mol. The molecule has 0 saturated heterocycles. The fourth-order valence-corrected chi connectivity index (χ4v) is 3.60. The normalized spacial score (nSPS) is 10.5. The number of unbranched alkanes of at least 4 members (excludes halogenated alkanes) is 5. The maximum absolute atomic E-state index is 12.2. The van der Waals surface area contributed by atoms with Gasteiger partial charge in [-0.3, -0.25) is 9.59 Å². The van der Waals surface area contributed by atoms with Crippen LogP contribution in [-0.4, -0.2) is 24.4 Å². The zero-order chi connectivity index (χ0) is 18.8. The number of anilines is 1. The first-order valence-electron chi connectivity index (χ1n) is 8.82. The highest BCUT2D eigenvalue weighted by Crippen LogP contribution is 2.33. The molecule has 1 aromatic rings. The Kier molecular flexibility index (Phi) is 9.20. The topological polar surface area (TPSA) is 98.5 Å². The third kappa shape index (κ3) is 6.49. The predicted molar refractivity (Wildman–Crippen MR) is 100 cm³/mol. The second-order valence-corrected chi connectivity index (χ2v) is 6.93. The van der Waals surface area contributed by atoms with E-state index in [4.69, 9.17) is 10.5 Å². The van der Waals surface area contributed by atoms with Gasteiger partial charge in [-0.2, -0.15) is 0 Å². The van der Waals surface area contributed by atoms with Crippen molar-refractivity contribution in [3.8, 4) is 0 Å². The molecule has 0 radical (unpaired) electrons. The maximum atomic E-state index is 12.2. The van der Waals surface area contributed by atoms with Crippen LogP contribution in [0.4, 0.5) is 5.00 Å². The summed E-state index contributed by atoms with van der Waals surface area (Å²) in [5, 5.41) is 3.07. The van der Waals surface area contributed by atoms with Crippen LogP contribution in [0.1, 0.15) is 84.4 Å². The highest BCUT2D eigenvalue weighted by molar-refractivity contribution is 7.18. The van der Waals surface area contributed by atoms with E-state index < -0.39 is 11.9 Å². The van der Waals surface area contributed by atoms with Gasteiger partial charge in [-0.25, -0.2) is 4.79 Å². The van der Waals surface area contributed by atoms with E-state index in [1.54, 1.807) is 13.8 Å². The lowest BCUT2D eigenvalue weighted by molar-refractivity contribution is -0.116. The van der Waals surface area contributed by atoms with Crippen LogP contribution in [0.2, 0.25) is 0 Å². The molecule has 0 aromatic carbocycles. The highest BCUT2D eigenvalue weighted by atomic mass is 32.1. The van der Waals surface area contributed by atoms with Crippen LogP contribution in [-0.2, 0) is 9.53 Å². The van der Waals surface area contributed by atoms with Crippen molar-refractivity contribution in [1.29, 1.82) is 0 Å². The number of hydrogen-bond acceptors (Lipinski definition) is 5. The monoisotopic (exact) mass is 368 g/mol. The molecule has 140 valence electrons. The summed E-state index contributed by atoms with van der Waals surface area (Å²) in [5.41, 5.74) is 6.02. The molecule has 6 nitrogen and oxygen atoms in total. The lowest BCUT2D eigenvalue weighted by atomic mass is 10.1. The van der Waals surface area contributed by atoms with Gasteiger partial charge in [0.15, 0.2) is 0 Å². The molecule has 2 amide bonds. The van der Waals surface area contributed by atoms with E-state index in [0.29, 0.717) is 17.0 Å². The molecule has 0 saturated carbocycles. The van der Waals surface area contributed by atoms with Gasteiger partial charge >= 0.3 is 5.97 Å². The summed E-state index contributed by atoms with van der Waals surface area (Å²) in [7, 11) is 0. The van der Waals surface area contributed by atoms with Gasteiger partial charge in [0, 0.05) is 6.42 Å². The van der Waals surface area contributed by atoms with Gasteiger partial charge in [0.1, 0.15) is 5.00 Å². The molecule has 0 unspecified atom stereocenters. The highest BCUT2D eigenvalue weighted by Gasteiger charge is 2.25. The Hall–Kier alpha value is -1.89. The van der Waals surface area contributed by atoms with Gasteiger partial charge in [0.25, 0.3) is 5.91 Å². The number of carbonyl (C=O) groups excluding carboxylic acids is 3. The molecule has 0 spiro atoms. The minimum Gasteiger partial charge on any atom is -0.462 e. The van der Waals surface area contributed by atoms with Gasteiger partial charge in [0.05, 0.1) is 17.0 Å². The van der Waals surface area contributed by atoms with Gasteiger partial charge in [-0.05, 0) is 25.8 Å². The second kappa shape index (κ2) is 10.9. The summed E-state index contributed by atoms with van der Waals surface area (Å²) in [6.07, 6.45) is 6.93. The molecule has 7 heteroatoms. The average Bonchev–Trinajstić information content (AvgIpc) is 2.87. The van der Waals surface area contributed by atoms with Crippen molar-refractivity contribution in [1.82, 2.24) is 0 Å². The Balaban J connectivity index is 2.73. The summed E-state index contributed by atoms with van der Waals surface area (Å²) in [6, 6.07) is 0. The predicted octanol–water partition coefficient (Wildman–Crippen LogP) is 4.02. The summed E-state index contributed by atoms with van der Waals surface area (Å²) in [5.74, 6) is -1.35. The Morgan fingerprint density at radius 1 is 1.08 bits per heavy atom. The zero-order valence-electron chi connectivity index (χ0n) is 15.3. The smallest absolute Gasteiger partial charge is 0.341 e. The van der Waals surface area contributed by atoms with Crippen LogP contribution < -0.4 is 11.1 Å². The third-order valence-electron chi connectivity index (χ3n) is 3.86. The second-order valence-electron chi connectivity index (χ2n) is 5.91. The van der Waals surface area contributed by atoms with Crippen molar-refractivity contribution in [2.24, 2.45) is 5.73 Å². The quantitative estimate of drug-likeness (QED) is 0.455. The third-order valence-corrected chi connectivity index (χ3v) is 5.08. The fraction of sp³-hybridized carbons (Fsp3) is 0.611. The van der Waals surface area contributed by atoms with E-state index in [1.807, 2.05) is 0 Å². The number of hydrogen-bond donors (Lipinski definition) is 2. The van der Waals surface area contributed by atoms with Crippen LogP contribution in [0.3, 0.4) is 0 Å². The van der Waals surface area contributed by atoms with Crippen LogP contribution in [0.5, 0.6) is 0 Å². The molecule has 0 atom stereocenters. The maximum Gasteiger partial charge on any atom is 0.341 e. The number of carbonyl (C=O) groups is 3. The largest absolute Gasteiger partial charge is 0.462 e. The Morgan fingerprint density at radius 3 is 2.32 bits per heavy atom. The van der Waals surface area contributed by atoms with E-state index >= 15 is 0 Å². The molecule has 1 rings (SSSR count). The number of nitrogens with two attached hydrogens (primary N) is 1. The number of esters is 1. The van der Waals surface area contributed by atoms with Crippen LogP contribution >= 0.6 is 11.3 Å². The van der Waals surface area contributed by atoms with Crippen molar-refractivity contribution in [3.63, 3.8) is 0 Å². The van der Waals surface area contributed by atoms with Gasteiger partial charge < -0.3 is 15.8 Å². The van der Waals surface area contributed by atoms with E-state index in [-0.39, 0.29) is 23.0 Å². The number of thiophene rings is 1. The van der Waals surface area contributed by atoms with Crippen molar-refractivity contribution in [2.45, 2.75) is 65.7 Å². The Morgan fingerprint density at radius 2 is 1.72 bits per heavy atom. The Bertz CT molecular complexity index is 610. The zero-order valence-corrected chi connectivity index (χ0v) is 16.1.